The molecule has 2 saturated heterocycles. The third-order valence-electron chi connectivity index (χ3n) is 5.36. The van der Waals surface area contributed by atoms with Gasteiger partial charge in [0.05, 0.1) is 5.54 Å². The van der Waals surface area contributed by atoms with Gasteiger partial charge in [0, 0.05) is 25.9 Å². The number of halogens is 1. The van der Waals surface area contributed by atoms with Crippen LogP contribution in [0.5, 0.6) is 0 Å². The molecule has 0 saturated carbocycles. The van der Waals surface area contributed by atoms with Gasteiger partial charge in [0.1, 0.15) is 10.0 Å². The van der Waals surface area contributed by atoms with Gasteiger partial charge in [0.2, 0.25) is 0 Å². The van der Waals surface area contributed by atoms with Crippen molar-refractivity contribution in [3.05, 3.63) is 47.6 Å². The van der Waals surface area contributed by atoms with Gasteiger partial charge in [0.15, 0.2) is 6.10 Å². The summed E-state index contributed by atoms with van der Waals surface area (Å²) in [5.74, 6) is -0.647. The van der Waals surface area contributed by atoms with Crippen molar-refractivity contribution in [3.63, 3.8) is 0 Å². The van der Waals surface area contributed by atoms with Crippen molar-refractivity contribution in [1.29, 1.82) is 0 Å². The number of carbonyl (C=O) groups is 1. The fourth-order valence-electron chi connectivity index (χ4n) is 4.07. The number of nitrogens with zero attached hydrogens (tertiary/aromatic N) is 2. The van der Waals surface area contributed by atoms with Crippen molar-refractivity contribution >= 4 is 33.0 Å². The molecule has 9 heteroatoms. The summed E-state index contributed by atoms with van der Waals surface area (Å²) < 4.78 is 46.4. The van der Waals surface area contributed by atoms with Crippen LogP contribution in [0.25, 0.3) is 0 Å². The summed E-state index contributed by atoms with van der Waals surface area (Å²) in [6.07, 6.45) is 0.212. The van der Waals surface area contributed by atoms with E-state index in [1.54, 1.807) is 34.5 Å². The van der Waals surface area contributed by atoms with Crippen molar-refractivity contribution in [2.24, 2.45) is 0 Å². The molecule has 0 radical (unpaired) electrons. The summed E-state index contributed by atoms with van der Waals surface area (Å²) in [6.45, 7) is 0.554. The molecule has 2 fully saturated rings. The number of rotatable bonds is 4. The Hall–Kier alpha value is -1.81. The Kier molecular flexibility index (Phi) is 4.58. The minimum absolute atomic E-state index is 0.224. The molecule has 1 aromatic heterocycles. The maximum atomic E-state index is 13.7. The standard InChI is InChI=1S/C18H19FN2O4S2/c1-25-16-17(22)21(14-5-2-4-13(19)12-14)18(16)7-9-20(10-8-18)27(23,24)15-6-3-11-26-15/h2-6,11-12,16H,7-10H2,1H3. The fraction of sp³-hybridized carbons (Fsp3) is 0.389. The van der Waals surface area contributed by atoms with Crippen molar-refractivity contribution in [2.75, 3.05) is 25.1 Å². The molecule has 2 aliphatic rings. The lowest BCUT2D eigenvalue weighted by Gasteiger charge is -2.59. The molecule has 0 bridgehead atoms. The molecule has 0 N–H and O–H groups in total. The molecule has 1 atom stereocenters. The van der Waals surface area contributed by atoms with Gasteiger partial charge in [-0.1, -0.05) is 12.1 Å². The van der Waals surface area contributed by atoms with Crippen LogP contribution in [-0.2, 0) is 19.6 Å². The molecule has 3 heterocycles. The molecule has 1 unspecified atom stereocenters. The number of piperidine rings is 1. The first-order valence-corrected chi connectivity index (χ1v) is 10.9. The van der Waals surface area contributed by atoms with Gasteiger partial charge >= 0.3 is 0 Å². The fourth-order valence-corrected chi connectivity index (χ4v) is 6.66. The van der Waals surface area contributed by atoms with E-state index < -0.39 is 27.5 Å². The Morgan fingerprint density at radius 1 is 1.22 bits per heavy atom. The zero-order chi connectivity index (χ0) is 19.2. The van der Waals surface area contributed by atoms with Crippen molar-refractivity contribution in [1.82, 2.24) is 4.31 Å². The molecule has 1 amide bonds. The van der Waals surface area contributed by atoms with Gasteiger partial charge in [-0.2, -0.15) is 4.31 Å². The summed E-state index contributed by atoms with van der Waals surface area (Å²) >= 11 is 1.19. The SMILES string of the molecule is COC1C(=O)N(c2cccc(F)c2)C12CCN(S(=O)(=O)c1cccs1)CC2. The van der Waals surface area contributed by atoms with E-state index in [1.165, 1.54) is 34.9 Å². The van der Waals surface area contributed by atoms with Crippen LogP contribution < -0.4 is 4.90 Å². The number of methoxy groups -OCH3 is 1. The van der Waals surface area contributed by atoms with Gasteiger partial charge in [-0.15, -0.1) is 11.3 Å². The number of hydrogen-bond acceptors (Lipinski definition) is 5. The molecule has 2 aromatic rings. The van der Waals surface area contributed by atoms with Crippen LogP contribution >= 0.6 is 11.3 Å². The number of amides is 1. The Morgan fingerprint density at radius 2 is 1.96 bits per heavy atom. The first-order valence-electron chi connectivity index (χ1n) is 8.56. The topological polar surface area (TPSA) is 66.9 Å². The molecule has 2 aliphatic heterocycles. The Balaban J connectivity index is 1.60. The zero-order valence-corrected chi connectivity index (χ0v) is 16.3. The molecule has 4 rings (SSSR count). The van der Waals surface area contributed by atoms with Gasteiger partial charge in [0.25, 0.3) is 15.9 Å². The number of benzene rings is 1. The second-order valence-electron chi connectivity index (χ2n) is 6.71. The van der Waals surface area contributed by atoms with E-state index in [0.29, 0.717) is 22.7 Å². The number of sulfonamides is 1. The lowest BCUT2D eigenvalue weighted by atomic mass is 9.73. The predicted octanol–water partition coefficient (Wildman–Crippen LogP) is 2.47. The van der Waals surface area contributed by atoms with Crippen LogP contribution in [0.2, 0.25) is 0 Å². The average Bonchev–Trinajstić information content (AvgIpc) is 3.18. The first-order chi connectivity index (χ1) is 12.9. The van der Waals surface area contributed by atoms with E-state index in [0.717, 1.165) is 0 Å². The highest BCUT2D eigenvalue weighted by Gasteiger charge is 2.62. The second kappa shape index (κ2) is 6.66. The van der Waals surface area contributed by atoms with E-state index >= 15 is 0 Å². The number of thiophene rings is 1. The summed E-state index contributed by atoms with van der Waals surface area (Å²) in [7, 11) is -2.06. The van der Waals surface area contributed by atoms with Gasteiger partial charge in [-0.25, -0.2) is 12.8 Å². The highest BCUT2D eigenvalue weighted by Crippen LogP contribution is 2.46. The number of hydrogen-bond donors (Lipinski definition) is 0. The van der Waals surface area contributed by atoms with Crippen LogP contribution in [0.3, 0.4) is 0 Å². The third-order valence-corrected chi connectivity index (χ3v) is 8.63. The van der Waals surface area contributed by atoms with Crippen molar-refractivity contribution < 1.29 is 22.3 Å². The van der Waals surface area contributed by atoms with E-state index in [1.807, 2.05) is 0 Å². The summed E-state index contributed by atoms with van der Waals surface area (Å²) in [4.78, 5) is 14.2. The van der Waals surface area contributed by atoms with Crippen LogP contribution in [0.1, 0.15) is 12.8 Å². The van der Waals surface area contributed by atoms with E-state index in [9.17, 15) is 17.6 Å². The van der Waals surface area contributed by atoms with Crippen LogP contribution in [-0.4, -0.2) is 50.5 Å². The lowest BCUT2D eigenvalue weighted by Crippen LogP contribution is -2.77. The zero-order valence-electron chi connectivity index (χ0n) is 14.7. The van der Waals surface area contributed by atoms with Crippen LogP contribution in [0.4, 0.5) is 10.1 Å². The maximum Gasteiger partial charge on any atom is 0.259 e. The van der Waals surface area contributed by atoms with E-state index in [-0.39, 0.29) is 19.0 Å². The smallest absolute Gasteiger partial charge is 0.259 e. The number of β-lactam (4-membered cyclic amide) rings is 1. The summed E-state index contributed by atoms with van der Waals surface area (Å²) in [6, 6.07) is 9.19. The number of anilines is 1. The Morgan fingerprint density at radius 3 is 2.56 bits per heavy atom. The van der Waals surface area contributed by atoms with Gasteiger partial charge in [-0.05, 0) is 42.5 Å². The highest BCUT2D eigenvalue weighted by molar-refractivity contribution is 7.91. The molecule has 1 spiro atoms. The van der Waals surface area contributed by atoms with Crippen molar-refractivity contribution in [3.8, 4) is 0 Å². The van der Waals surface area contributed by atoms with Gasteiger partial charge < -0.3 is 9.64 Å². The highest BCUT2D eigenvalue weighted by atomic mass is 32.2. The molecule has 27 heavy (non-hydrogen) atoms. The van der Waals surface area contributed by atoms with Crippen molar-refractivity contribution in [2.45, 2.75) is 28.7 Å². The first kappa shape index (κ1) is 18.5. The minimum atomic E-state index is -3.53. The van der Waals surface area contributed by atoms with E-state index in [4.69, 9.17) is 4.74 Å². The third kappa shape index (κ3) is 2.80. The molecular weight excluding hydrogens is 391 g/mol. The molecule has 6 nitrogen and oxygen atoms in total. The summed E-state index contributed by atoms with van der Waals surface area (Å²) in [5.41, 5.74) is -0.177. The number of ether oxygens (including phenoxy) is 1. The van der Waals surface area contributed by atoms with E-state index in [2.05, 4.69) is 0 Å². The minimum Gasteiger partial charge on any atom is -0.369 e. The quantitative estimate of drug-likeness (QED) is 0.727. The summed E-state index contributed by atoms with van der Waals surface area (Å²) in [5, 5.41) is 1.73. The largest absolute Gasteiger partial charge is 0.369 e. The molecule has 144 valence electrons. The van der Waals surface area contributed by atoms with Crippen LogP contribution in [0, 0.1) is 5.82 Å². The Labute approximate surface area is 161 Å². The van der Waals surface area contributed by atoms with Crippen LogP contribution in [0.15, 0.2) is 46.0 Å². The predicted molar refractivity (Wildman–Crippen MR) is 99.7 cm³/mol. The maximum absolute atomic E-state index is 13.7. The molecule has 0 aliphatic carbocycles. The lowest BCUT2D eigenvalue weighted by molar-refractivity contribution is -0.150. The second-order valence-corrected chi connectivity index (χ2v) is 9.82. The molecule has 1 aromatic carbocycles. The normalized spacial score (nSPS) is 22.8. The number of carbonyl (C=O) groups excluding carboxylic acids is 1. The van der Waals surface area contributed by atoms with Gasteiger partial charge in [-0.3, -0.25) is 4.79 Å². The average molecular weight is 410 g/mol. The molecular formula is C18H19FN2O4S2. The monoisotopic (exact) mass is 410 g/mol. The Bertz CT molecular complexity index is 954.